The zero-order valence-corrected chi connectivity index (χ0v) is 9.84. The van der Waals surface area contributed by atoms with E-state index in [9.17, 15) is 0 Å². The molecule has 2 aliphatic carbocycles. The van der Waals surface area contributed by atoms with Crippen LogP contribution >= 0.6 is 0 Å². The van der Waals surface area contributed by atoms with E-state index in [2.05, 4.69) is 31.8 Å². The van der Waals surface area contributed by atoms with Crippen molar-refractivity contribution in [3.63, 3.8) is 0 Å². The quantitative estimate of drug-likeness (QED) is 0.386. The molecule has 0 aliphatic heterocycles. The topological polar surface area (TPSA) is 21.6 Å². The molecule has 2 saturated carbocycles. The van der Waals surface area contributed by atoms with Crippen LogP contribution in [-0.4, -0.2) is 12.3 Å². The molecule has 2 rings (SSSR count). The molecule has 2 heteroatoms. The third-order valence-electron chi connectivity index (χ3n) is 4.83. The predicted octanol–water partition coefficient (Wildman–Crippen LogP) is 2.84. The van der Waals surface area contributed by atoms with E-state index in [1.54, 1.807) is 0 Å². The van der Waals surface area contributed by atoms with Gasteiger partial charge in [0.25, 0.3) is 0 Å². The van der Waals surface area contributed by atoms with Crippen molar-refractivity contribution < 1.29 is 4.84 Å². The molecule has 0 aromatic heterocycles. The summed E-state index contributed by atoms with van der Waals surface area (Å²) in [6.45, 7) is 7.31. The smallest absolute Gasteiger partial charge is 0.177 e. The first kappa shape index (κ1) is 10.5. The maximum absolute atomic E-state index is 5.13. The lowest BCUT2D eigenvalue weighted by Crippen LogP contribution is -2.32. The maximum atomic E-state index is 5.13. The number of fused-ring (bicyclic) bond motifs is 2. The SMILES string of the molecule is C#CCO/N=C1\C[C@H]2CC[C@@]1(C)C2(C)C. The molecule has 0 spiro atoms. The normalized spacial score (nSPS) is 39.3. The van der Waals surface area contributed by atoms with Gasteiger partial charge in [-0.15, -0.1) is 6.42 Å². The zero-order chi connectivity index (χ0) is 11.1. The van der Waals surface area contributed by atoms with Crippen LogP contribution in [0.2, 0.25) is 0 Å². The Morgan fingerprint density at radius 2 is 2.27 bits per heavy atom. The molecular weight excluding hydrogens is 186 g/mol. The fourth-order valence-electron chi connectivity index (χ4n) is 3.21. The molecular formula is C13H19NO. The summed E-state index contributed by atoms with van der Waals surface area (Å²) in [5.41, 5.74) is 1.82. The fraction of sp³-hybridized carbons (Fsp3) is 0.769. The van der Waals surface area contributed by atoms with Gasteiger partial charge in [-0.05, 0) is 30.6 Å². The van der Waals surface area contributed by atoms with Crippen LogP contribution in [0.1, 0.15) is 40.0 Å². The van der Waals surface area contributed by atoms with Gasteiger partial charge in [-0.1, -0.05) is 31.8 Å². The van der Waals surface area contributed by atoms with E-state index in [-0.39, 0.29) is 12.0 Å². The summed E-state index contributed by atoms with van der Waals surface area (Å²) in [5.74, 6) is 3.21. The highest BCUT2D eigenvalue weighted by Crippen LogP contribution is 2.63. The third-order valence-corrected chi connectivity index (χ3v) is 4.83. The average molecular weight is 205 g/mol. The molecule has 2 aliphatic rings. The molecule has 82 valence electrons. The molecule has 0 aromatic carbocycles. The van der Waals surface area contributed by atoms with Crippen molar-refractivity contribution in [3.05, 3.63) is 0 Å². The molecule has 15 heavy (non-hydrogen) atoms. The fourth-order valence-corrected chi connectivity index (χ4v) is 3.21. The van der Waals surface area contributed by atoms with Gasteiger partial charge in [0.2, 0.25) is 0 Å². The lowest BCUT2D eigenvalue weighted by molar-refractivity contribution is 0.164. The van der Waals surface area contributed by atoms with Crippen LogP contribution in [0, 0.1) is 29.1 Å². The van der Waals surface area contributed by atoms with Crippen LogP contribution in [-0.2, 0) is 4.84 Å². The van der Waals surface area contributed by atoms with Crippen LogP contribution in [0.5, 0.6) is 0 Å². The summed E-state index contributed by atoms with van der Waals surface area (Å²) in [6.07, 6.45) is 8.79. The largest absolute Gasteiger partial charge is 0.383 e. The number of nitrogens with zero attached hydrogens (tertiary/aromatic N) is 1. The zero-order valence-electron chi connectivity index (χ0n) is 9.84. The summed E-state index contributed by atoms with van der Waals surface area (Å²) in [7, 11) is 0. The second-order valence-electron chi connectivity index (χ2n) is 5.51. The number of terminal acetylenes is 1. The first-order valence-electron chi connectivity index (χ1n) is 5.65. The molecule has 0 heterocycles. The van der Waals surface area contributed by atoms with E-state index < -0.39 is 0 Å². The molecule has 2 bridgehead atoms. The van der Waals surface area contributed by atoms with Gasteiger partial charge in [-0.3, -0.25) is 0 Å². The monoisotopic (exact) mass is 205 g/mol. The molecule has 0 radical (unpaired) electrons. The Morgan fingerprint density at radius 3 is 2.73 bits per heavy atom. The lowest BCUT2D eigenvalue weighted by atomic mass is 9.70. The Balaban J connectivity index is 2.19. The van der Waals surface area contributed by atoms with E-state index in [4.69, 9.17) is 11.3 Å². The number of hydrogen-bond acceptors (Lipinski definition) is 2. The lowest BCUT2D eigenvalue weighted by Gasteiger charge is -2.34. The van der Waals surface area contributed by atoms with E-state index >= 15 is 0 Å². The van der Waals surface area contributed by atoms with Gasteiger partial charge in [0, 0.05) is 5.41 Å². The second kappa shape index (κ2) is 3.27. The second-order valence-corrected chi connectivity index (χ2v) is 5.51. The van der Waals surface area contributed by atoms with Gasteiger partial charge in [-0.2, -0.15) is 0 Å². The standard InChI is InChI=1S/C13H19NO/c1-5-8-15-14-11-9-10-6-7-13(11,4)12(10,2)3/h1,10H,6-9H2,2-4H3/b14-11+/t10-,13-/m1/s1. The van der Waals surface area contributed by atoms with Gasteiger partial charge in [0.1, 0.15) is 0 Å². The van der Waals surface area contributed by atoms with Crippen molar-refractivity contribution in [3.8, 4) is 12.3 Å². The Labute approximate surface area is 92.1 Å². The van der Waals surface area contributed by atoms with Gasteiger partial charge in [0.05, 0.1) is 5.71 Å². The van der Waals surface area contributed by atoms with Crippen LogP contribution in [0.15, 0.2) is 5.16 Å². The summed E-state index contributed by atoms with van der Waals surface area (Å²) < 4.78 is 0. The summed E-state index contributed by atoms with van der Waals surface area (Å²) in [6, 6.07) is 0. The van der Waals surface area contributed by atoms with E-state index in [0.717, 1.165) is 12.3 Å². The van der Waals surface area contributed by atoms with E-state index in [1.807, 2.05) is 0 Å². The predicted molar refractivity (Wildman–Crippen MR) is 61.4 cm³/mol. The molecule has 0 amide bonds. The van der Waals surface area contributed by atoms with Gasteiger partial charge in [-0.25, -0.2) is 0 Å². The van der Waals surface area contributed by atoms with Crippen LogP contribution in [0.25, 0.3) is 0 Å². The summed E-state index contributed by atoms with van der Waals surface area (Å²) in [4.78, 5) is 5.13. The summed E-state index contributed by atoms with van der Waals surface area (Å²) in [5, 5.41) is 4.24. The maximum Gasteiger partial charge on any atom is 0.177 e. The summed E-state index contributed by atoms with van der Waals surface area (Å²) >= 11 is 0. The van der Waals surface area contributed by atoms with E-state index in [1.165, 1.54) is 18.6 Å². The number of rotatable bonds is 2. The minimum absolute atomic E-state index is 0.228. The number of oxime groups is 1. The van der Waals surface area contributed by atoms with E-state index in [0.29, 0.717) is 5.41 Å². The minimum Gasteiger partial charge on any atom is -0.383 e. The van der Waals surface area contributed by atoms with Crippen LogP contribution in [0.3, 0.4) is 0 Å². The Hall–Kier alpha value is -0.970. The van der Waals surface area contributed by atoms with Crippen molar-refractivity contribution >= 4 is 5.71 Å². The van der Waals surface area contributed by atoms with Crippen molar-refractivity contribution in [1.82, 2.24) is 0 Å². The van der Waals surface area contributed by atoms with Crippen LogP contribution in [0.4, 0.5) is 0 Å². The highest BCUT2D eigenvalue weighted by Gasteiger charge is 2.60. The Bertz CT molecular complexity index is 337. The van der Waals surface area contributed by atoms with Crippen molar-refractivity contribution in [2.45, 2.75) is 40.0 Å². The molecule has 2 atom stereocenters. The first-order valence-corrected chi connectivity index (χ1v) is 5.65. The van der Waals surface area contributed by atoms with Crippen molar-refractivity contribution in [2.24, 2.45) is 21.9 Å². The van der Waals surface area contributed by atoms with Crippen LogP contribution < -0.4 is 0 Å². The molecule has 2 nitrogen and oxygen atoms in total. The molecule has 0 aromatic rings. The minimum atomic E-state index is 0.228. The third kappa shape index (κ3) is 1.29. The first-order chi connectivity index (χ1) is 7.02. The van der Waals surface area contributed by atoms with Gasteiger partial charge < -0.3 is 4.84 Å². The van der Waals surface area contributed by atoms with Crippen molar-refractivity contribution in [2.75, 3.05) is 6.61 Å². The van der Waals surface area contributed by atoms with Crippen molar-refractivity contribution in [1.29, 1.82) is 0 Å². The molecule has 0 saturated heterocycles. The highest BCUT2D eigenvalue weighted by atomic mass is 16.6. The van der Waals surface area contributed by atoms with Gasteiger partial charge >= 0.3 is 0 Å². The Morgan fingerprint density at radius 1 is 1.53 bits per heavy atom. The molecule has 2 fully saturated rings. The van der Waals surface area contributed by atoms with Gasteiger partial charge in [0.15, 0.2) is 6.61 Å². The average Bonchev–Trinajstić information content (AvgIpc) is 2.51. The Kier molecular flexibility index (Phi) is 2.30. The number of hydrogen-bond donors (Lipinski definition) is 0. The molecule has 0 unspecified atom stereocenters. The molecule has 0 N–H and O–H groups in total. The highest BCUT2D eigenvalue weighted by molar-refractivity contribution is 5.93.